The molecule has 1 aliphatic carbocycles. The highest BCUT2D eigenvalue weighted by Crippen LogP contribution is 2.35. The Bertz CT molecular complexity index is 1040. The molecule has 0 atom stereocenters. The number of urea groups is 1. The second kappa shape index (κ2) is 7.31. The van der Waals surface area contributed by atoms with Crippen molar-refractivity contribution >= 4 is 28.7 Å². The number of aryl methyl sites for hydroxylation is 1. The number of H-pyrrole nitrogens is 1. The normalized spacial score (nSPS) is 24.2. The van der Waals surface area contributed by atoms with Gasteiger partial charge in [-0.05, 0) is 43.7 Å². The maximum Gasteiger partial charge on any atom is 0.344 e. The monoisotopic (exact) mass is 397 g/mol. The van der Waals surface area contributed by atoms with E-state index >= 15 is 0 Å². The fourth-order valence-electron chi connectivity index (χ4n) is 3.98. The SMILES string of the molecule is CC1CCC2(CC1)NC(=O)N(NC(=O)CCc1nc3ccccc3c(=O)[nH]1)C2=O. The second-order valence-electron chi connectivity index (χ2n) is 7.90. The molecular formula is C20H23N5O4. The Morgan fingerprint density at radius 2 is 1.97 bits per heavy atom. The summed E-state index contributed by atoms with van der Waals surface area (Å²) in [6.45, 7) is 2.12. The Labute approximate surface area is 166 Å². The molecule has 1 saturated carbocycles. The molecule has 3 N–H and O–H groups in total. The van der Waals surface area contributed by atoms with Crippen LogP contribution >= 0.6 is 0 Å². The van der Waals surface area contributed by atoms with E-state index in [1.165, 1.54) is 0 Å². The van der Waals surface area contributed by atoms with E-state index in [0.717, 1.165) is 17.9 Å². The standard InChI is InChI=1S/C20H23N5O4/c1-12-8-10-20(11-9-12)18(28)25(19(29)23-20)24-16(26)7-6-15-21-14-5-3-2-4-13(14)17(27)22-15/h2-5,12H,6-11H2,1H3,(H,23,29)(H,24,26)(H,21,22,27). The van der Waals surface area contributed by atoms with Gasteiger partial charge in [0.2, 0.25) is 5.91 Å². The molecular weight excluding hydrogens is 374 g/mol. The lowest BCUT2D eigenvalue weighted by molar-refractivity contribution is -0.140. The summed E-state index contributed by atoms with van der Waals surface area (Å²) in [5.41, 5.74) is 1.78. The van der Waals surface area contributed by atoms with E-state index in [1.54, 1.807) is 24.3 Å². The van der Waals surface area contributed by atoms with E-state index in [0.29, 0.717) is 35.5 Å². The first kappa shape index (κ1) is 19.1. The summed E-state index contributed by atoms with van der Waals surface area (Å²) in [5, 5.41) is 4.02. The third-order valence-corrected chi connectivity index (χ3v) is 5.78. The van der Waals surface area contributed by atoms with E-state index in [4.69, 9.17) is 0 Å². The third kappa shape index (κ3) is 3.59. The van der Waals surface area contributed by atoms with Crippen LogP contribution in [-0.4, -0.2) is 38.4 Å². The van der Waals surface area contributed by atoms with Gasteiger partial charge in [0.05, 0.1) is 10.9 Å². The van der Waals surface area contributed by atoms with Gasteiger partial charge in [-0.15, -0.1) is 0 Å². The topological polar surface area (TPSA) is 124 Å². The van der Waals surface area contributed by atoms with E-state index in [2.05, 4.69) is 27.6 Å². The maximum absolute atomic E-state index is 12.8. The molecule has 4 rings (SSSR count). The van der Waals surface area contributed by atoms with Crippen LogP contribution in [0.1, 0.15) is 44.9 Å². The number of aromatic nitrogens is 2. The molecule has 2 heterocycles. The Hall–Kier alpha value is -3.23. The molecule has 4 amide bonds. The van der Waals surface area contributed by atoms with E-state index in [-0.39, 0.29) is 18.4 Å². The lowest BCUT2D eigenvalue weighted by Crippen LogP contribution is -2.51. The third-order valence-electron chi connectivity index (χ3n) is 5.78. The molecule has 2 aliphatic rings. The van der Waals surface area contributed by atoms with Gasteiger partial charge in [-0.1, -0.05) is 19.1 Å². The first-order chi connectivity index (χ1) is 13.9. The van der Waals surface area contributed by atoms with Crippen molar-refractivity contribution in [2.75, 3.05) is 0 Å². The molecule has 1 aliphatic heterocycles. The number of hydrogen-bond donors (Lipinski definition) is 3. The number of carbonyl (C=O) groups excluding carboxylic acids is 3. The molecule has 29 heavy (non-hydrogen) atoms. The van der Waals surface area contributed by atoms with Crippen molar-refractivity contribution in [1.29, 1.82) is 0 Å². The fourth-order valence-corrected chi connectivity index (χ4v) is 3.98. The van der Waals surface area contributed by atoms with Gasteiger partial charge in [-0.3, -0.25) is 19.8 Å². The Morgan fingerprint density at radius 3 is 2.72 bits per heavy atom. The average molecular weight is 397 g/mol. The fraction of sp³-hybridized carbons (Fsp3) is 0.450. The molecule has 9 heteroatoms. The second-order valence-corrected chi connectivity index (χ2v) is 7.90. The van der Waals surface area contributed by atoms with Crippen LogP contribution < -0.4 is 16.3 Å². The van der Waals surface area contributed by atoms with Gasteiger partial charge in [-0.25, -0.2) is 9.78 Å². The summed E-state index contributed by atoms with van der Waals surface area (Å²) in [5.74, 6) is -0.00473. The quantitative estimate of drug-likeness (QED) is 0.673. The number of nitrogens with zero attached hydrogens (tertiary/aromatic N) is 2. The van der Waals surface area contributed by atoms with Crippen LogP contribution in [0, 0.1) is 5.92 Å². The zero-order valence-electron chi connectivity index (χ0n) is 16.2. The van der Waals surface area contributed by atoms with Gasteiger partial charge in [0, 0.05) is 12.8 Å². The summed E-state index contributed by atoms with van der Waals surface area (Å²) in [7, 11) is 0. The van der Waals surface area contributed by atoms with Crippen molar-refractivity contribution in [2.24, 2.45) is 5.92 Å². The number of rotatable bonds is 4. The van der Waals surface area contributed by atoms with Crippen LogP contribution in [-0.2, 0) is 16.0 Å². The van der Waals surface area contributed by atoms with Gasteiger partial charge in [0.25, 0.3) is 11.5 Å². The van der Waals surface area contributed by atoms with Crippen molar-refractivity contribution in [2.45, 2.75) is 51.0 Å². The lowest BCUT2D eigenvalue weighted by atomic mass is 9.77. The predicted molar refractivity (Wildman–Crippen MR) is 105 cm³/mol. The number of nitrogens with one attached hydrogen (secondary N) is 3. The van der Waals surface area contributed by atoms with Crippen molar-refractivity contribution < 1.29 is 14.4 Å². The Morgan fingerprint density at radius 1 is 1.24 bits per heavy atom. The summed E-state index contributed by atoms with van der Waals surface area (Å²) in [6, 6.07) is 6.34. The molecule has 1 aromatic carbocycles. The number of carbonyl (C=O) groups is 3. The van der Waals surface area contributed by atoms with Crippen LogP contribution in [0.2, 0.25) is 0 Å². The molecule has 0 radical (unpaired) electrons. The van der Waals surface area contributed by atoms with E-state index < -0.39 is 23.4 Å². The molecule has 0 unspecified atom stereocenters. The molecule has 152 valence electrons. The molecule has 9 nitrogen and oxygen atoms in total. The highest BCUT2D eigenvalue weighted by molar-refractivity contribution is 6.08. The minimum absolute atomic E-state index is 0.0254. The molecule has 2 aromatic rings. The Balaban J connectivity index is 1.39. The number of fused-ring (bicyclic) bond motifs is 1. The van der Waals surface area contributed by atoms with Crippen molar-refractivity contribution in [1.82, 2.24) is 25.7 Å². The summed E-state index contributed by atoms with van der Waals surface area (Å²) < 4.78 is 0. The molecule has 2 fully saturated rings. The lowest BCUT2D eigenvalue weighted by Gasteiger charge is -2.33. The molecule has 1 spiro atoms. The van der Waals surface area contributed by atoms with Gasteiger partial charge < -0.3 is 10.3 Å². The zero-order valence-corrected chi connectivity index (χ0v) is 16.2. The van der Waals surface area contributed by atoms with Crippen LogP contribution in [0.3, 0.4) is 0 Å². The number of amides is 4. The molecule has 0 bridgehead atoms. The van der Waals surface area contributed by atoms with Crippen LogP contribution in [0.15, 0.2) is 29.1 Å². The number of imide groups is 1. The summed E-state index contributed by atoms with van der Waals surface area (Å²) >= 11 is 0. The zero-order chi connectivity index (χ0) is 20.6. The van der Waals surface area contributed by atoms with E-state index in [9.17, 15) is 19.2 Å². The highest BCUT2D eigenvalue weighted by Gasteiger charge is 2.52. The van der Waals surface area contributed by atoms with Crippen LogP contribution in [0.5, 0.6) is 0 Å². The first-order valence-corrected chi connectivity index (χ1v) is 9.82. The smallest absolute Gasteiger partial charge is 0.322 e. The summed E-state index contributed by atoms with van der Waals surface area (Å²) in [4.78, 5) is 56.5. The molecule has 1 saturated heterocycles. The highest BCUT2D eigenvalue weighted by atomic mass is 16.2. The first-order valence-electron chi connectivity index (χ1n) is 9.82. The van der Waals surface area contributed by atoms with Gasteiger partial charge >= 0.3 is 6.03 Å². The number of hydrogen-bond acceptors (Lipinski definition) is 5. The summed E-state index contributed by atoms with van der Waals surface area (Å²) in [6.07, 6.45) is 3.02. The largest absolute Gasteiger partial charge is 0.344 e. The number of para-hydroxylation sites is 1. The maximum atomic E-state index is 12.8. The molecule has 1 aromatic heterocycles. The van der Waals surface area contributed by atoms with Crippen molar-refractivity contribution in [3.63, 3.8) is 0 Å². The minimum Gasteiger partial charge on any atom is -0.322 e. The number of hydrazine groups is 1. The Kier molecular flexibility index (Phi) is 4.81. The van der Waals surface area contributed by atoms with Crippen LogP contribution in [0.25, 0.3) is 10.9 Å². The van der Waals surface area contributed by atoms with Crippen molar-refractivity contribution in [3.05, 3.63) is 40.4 Å². The average Bonchev–Trinajstić information content (AvgIpc) is 2.93. The van der Waals surface area contributed by atoms with Crippen LogP contribution in [0.4, 0.5) is 4.79 Å². The number of aromatic amines is 1. The van der Waals surface area contributed by atoms with Gasteiger partial charge in [0.15, 0.2) is 0 Å². The number of benzene rings is 1. The van der Waals surface area contributed by atoms with Gasteiger partial charge in [0.1, 0.15) is 11.4 Å². The minimum atomic E-state index is -0.901. The van der Waals surface area contributed by atoms with E-state index in [1.807, 2.05) is 0 Å². The van der Waals surface area contributed by atoms with Crippen molar-refractivity contribution in [3.8, 4) is 0 Å². The predicted octanol–water partition coefficient (Wildman–Crippen LogP) is 1.39. The van der Waals surface area contributed by atoms with Gasteiger partial charge in [-0.2, -0.15) is 5.01 Å².